The minimum atomic E-state index is -0.351. The van der Waals surface area contributed by atoms with E-state index >= 15 is 0 Å². The fourth-order valence-corrected chi connectivity index (χ4v) is 2.40. The number of nitrogens with one attached hydrogen (secondary N) is 1. The molecule has 0 aliphatic heterocycles. The van der Waals surface area contributed by atoms with Crippen LogP contribution in [-0.2, 0) is 16.1 Å². The first-order valence-electron chi connectivity index (χ1n) is 6.88. The van der Waals surface area contributed by atoms with E-state index in [1.807, 2.05) is 24.4 Å². The van der Waals surface area contributed by atoms with Crippen LogP contribution in [0.5, 0.6) is 0 Å². The van der Waals surface area contributed by atoms with Gasteiger partial charge in [-0.15, -0.1) is 0 Å². The van der Waals surface area contributed by atoms with Gasteiger partial charge in [-0.1, -0.05) is 12.2 Å². The monoisotopic (exact) mass is 276 g/mol. The molecule has 2 amide bonds. The number of amides is 2. The number of carbonyl (C=O) groups is 2. The van der Waals surface area contributed by atoms with Crippen LogP contribution >= 0.6 is 0 Å². The van der Waals surface area contributed by atoms with Gasteiger partial charge in [-0.25, -0.2) is 0 Å². The third-order valence-corrected chi connectivity index (χ3v) is 3.49. The average molecular weight is 276 g/mol. The number of nitrogens with zero attached hydrogens (tertiary/aromatic N) is 2. The van der Waals surface area contributed by atoms with Gasteiger partial charge in [0.05, 0.1) is 5.92 Å². The zero-order valence-electron chi connectivity index (χ0n) is 11.4. The highest BCUT2D eigenvalue weighted by Crippen LogP contribution is 2.18. The maximum Gasteiger partial charge on any atom is 0.222 e. The van der Waals surface area contributed by atoms with Gasteiger partial charge in [0.15, 0.2) is 0 Å². The second kappa shape index (κ2) is 6.88. The number of carbonyl (C=O) groups excluding carboxylic acids is 2. The number of primary amides is 1. The molecule has 2 atom stereocenters. The predicted molar refractivity (Wildman–Crippen MR) is 74.5 cm³/mol. The van der Waals surface area contributed by atoms with Crippen LogP contribution in [0.2, 0.25) is 0 Å². The molecule has 0 unspecified atom stereocenters. The zero-order valence-corrected chi connectivity index (χ0v) is 11.4. The molecule has 6 heteroatoms. The standard InChI is InChI=1S/C14H20N4O2/c15-14(20)11-5-1-2-6-12(11)17-13(19)7-3-9-18-10-4-8-16-18/h1-2,4,8,10-12H,3,5-7,9H2,(H2,15,20)(H,17,19)/t11-,12-/m1/s1. The topological polar surface area (TPSA) is 90.0 Å². The molecule has 20 heavy (non-hydrogen) atoms. The Morgan fingerprint density at radius 1 is 1.35 bits per heavy atom. The van der Waals surface area contributed by atoms with Gasteiger partial charge >= 0.3 is 0 Å². The van der Waals surface area contributed by atoms with Crippen molar-refractivity contribution in [3.05, 3.63) is 30.6 Å². The van der Waals surface area contributed by atoms with Crippen molar-refractivity contribution in [2.24, 2.45) is 11.7 Å². The normalized spacial score (nSPS) is 21.6. The molecule has 2 rings (SSSR count). The van der Waals surface area contributed by atoms with Crippen molar-refractivity contribution in [1.82, 2.24) is 15.1 Å². The van der Waals surface area contributed by atoms with Crippen molar-refractivity contribution in [3.63, 3.8) is 0 Å². The Balaban J connectivity index is 1.75. The van der Waals surface area contributed by atoms with Crippen molar-refractivity contribution < 1.29 is 9.59 Å². The van der Waals surface area contributed by atoms with Crippen LogP contribution in [-0.4, -0.2) is 27.6 Å². The lowest BCUT2D eigenvalue weighted by molar-refractivity contribution is -0.125. The van der Waals surface area contributed by atoms with Crippen LogP contribution in [0.4, 0.5) is 0 Å². The lowest BCUT2D eigenvalue weighted by Gasteiger charge is -2.26. The maximum absolute atomic E-state index is 11.9. The Hall–Kier alpha value is -2.11. The Labute approximate surface area is 118 Å². The Kier molecular flexibility index (Phi) is 4.92. The van der Waals surface area contributed by atoms with E-state index in [-0.39, 0.29) is 23.8 Å². The van der Waals surface area contributed by atoms with Crippen molar-refractivity contribution in [2.75, 3.05) is 0 Å². The number of aromatic nitrogens is 2. The second-order valence-corrected chi connectivity index (χ2v) is 5.00. The van der Waals surface area contributed by atoms with Gasteiger partial charge in [0.25, 0.3) is 0 Å². The van der Waals surface area contributed by atoms with Gasteiger partial charge in [-0.05, 0) is 25.3 Å². The highest BCUT2D eigenvalue weighted by atomic mass is 16.2. The fraction of sp³-hybridized carbons (Fsp3) is 0.500. The van der Waals surface area contributed by atoms with E-state index in [9.17, 15) is 9.59 Å². The summed E-state index contributed by atoms with van der Waals surface area (Å²) in [7, 11) is 0. The SMILES string of the molecule is NC(=O)[C@@H]1CC=CC[C@H]1NC(=O)CCCn1cccn1. The summed E-state index contributed by atoms with van der Waals surface area (Å²) in [4.78, 5) is 23.2. The van der Waals surface area contributed by atoms with Crippen molar-refractivity contribution >= 4 is 11.8 Å². The van der Waals surface area contributed by atoms with E-state index < -0.39 is 0 Å². The summed E-state index contributed by atoms with van der Waals surface area (Å²) in [5.74, 6) is -0.685. The minimum absolute atomic E-state index is 0.0382. The highest BCUT2D eigenvalue weighted by molar-refractivity contribution is 5.80. The van der Waals surface area contributed by atoms with Gasteiger partial charge in [-0.3, -0.25) is 14.3 Å². The Bertz CT molecular complexity index is 481. The van der Waals surface area contributed by atoms with Gasteiger partial charge in [0.1, 0.15) is 0 Å². The summed E-state index contributed by atoms with van der Waals surface area (Å²) in [5, 5.41) is 6.99. The third-order valence-electron chi connectivity index (χ3n) is 3.49. The number of hydrogen-bond acceptors (Lipinski definition) is 3. The molecule has 3 N–H and O–H groups in total. The van der Waals surface area contributed by atoms with E-state index in [4.69, 9.17) is 5.73 Å². The third kappa shape index (κ3) is 3.94. The molecule has 0 fully saturated rings. The first-order chi connectivity index (χ1) is 9.66. The van der Waals surface area contributed by atoms with Crippen LogP contribution < -0.4 is 11.1 Å². The highest BCUT2D eigenvalue weighted by Gasteiger charge is 2.28. The molecule has 1 aromatic heterocycles. The average Bonchev–Trinajstić information content (AvgIpc) is 2.92. The van der Waals surface area contributed by atoms with Crippen molar-refractivity contribution in [3.8, 4) is 0 Å². The summed E-state index contributed by atoms with van der Waals surface area (Å²) in [6.45, 7) is 0.713. The summed E-state index contributed by atoms with van der Waals surface area (Å²) >= 11 is 0. The smallest absolute Gasteiger partial charge is 0.222 e. The number of allylic oxidation sites excluding steroid dienone is 1. The second-order valence-electron chi connectivity index (χ2n) is 5.00. The minimum Gasteiger partial charge on any atom is -0.369 e. The van der Waals surface area contributed by atoms with E-state index in [1.165, 1.54) is 0 Å². The quantitative estimate of drug-likeness (QED) is 0.745. The fourth-order valence-electron chi connectivity index (χ4n) is 2.40. The Morgan fingerprint density at radius 3 is 2.85 bits per heavy atom. The van der Waals surface area contributed by atoms with Crippen LogP contribution in [0.15, 0.2) is 30.6 Å². The lowest BCUT2D eigenvalue weighted by atomic mass is 9.88. The molecular weight excluding hydrogens is 256 g/mol. The van der Waals surface area contributed by atoms with E-state index in [0.717, 1.165) is 6.42 Å². The first-order valence-corrected chi connectivity index (χ1v) is 6.88. The van der Waals surface area contributed by atoms with Gasteiger partial charge in [0.2, 0.25) is 11.8 Å². The molecule has 108 valence electrons. The van der Waals surface area contributed by atoms with Gasteiger partial charge < -0.3 is 11.1 Å². The lowest BCUT2D eigenvalue weighted by Crippen LogP contribution is -2.46. The van der Waals surface area contributed by atoms with E-state index in [1.54, 1.807) is 10.9 Å². The molecule has 0 spiro atoms. The molecule has 6 nitrogen and oxygen atoms in total. The molecule has 0 radical (unpaired) electrons. The number of rotatable bonds is 6. The number of nitrogens with two attached hydrogens (primary N) is 1. The van der Waals surface area contributed by atoms with Gasteiger partial charge in [-0.2, -0.15) is 5.10 Å². The summed E-state index contributed by atoms with van der Waals surface area (Å²) < 4.78 is 1.79. The van der Waals surface area contributed by atoms with E-state index in [2.05, 4.69) is 10.4 Å². The summed E-state index contributed by atoms with van der Waals surface area (Å²) in [6, 6.07) is 1.68. The van der Waals surface area contributed by atoms with Crippen LogP contribution in [0.25, 0.3) is 0 Å². The molecule has 1 aliphatic carbocycles. The predicted octanol–water partition coefficient (Wildman–Crippen LogP) is 0.600. The molecule has 0 saturated heterocycles. The molecule has 1 aliphatic rings. The molecule has 0 aromatic carbocycles. The van der Waals surface area contributed by atoms with Crippen LogP contribution in [0.3, 0.4) is 0 Å². The zero-order chi connectivity index (χ0) is 14.4. The number of hydrogen-bond donors (Lipinski definition) is 2. The molecule has 1 aromatic rings. The maximum atomic E-state index is 11.9. The molecular formula is C14H20N4O2. The molecule has 0 bridgehead atoms. The summed E-state index contributed by atoms with van der Waals surface area (Å²) in [6.07, 6.45) is 9.91. The number of aryl methyl sites for hydroxylation is 1. The van der Waals surface area contributed by atoms with Crippen molar-refractivity contribution in [1.29, 1.82) is 0 Å². The largest absolute Gasteiger partial charge is 0.369 e. The van der Waals surface area contributed by atoms with Gasteiger partial charge in [0, 0.05) is 31.4 Å². The molecule has 1 heterocycles. The Morgan fingerprint density at radius 2 is 2.15 bits per heavy atom. The van der Waals surface area contributed by atoms with Crippen LogP contribution in [0, 0.1) is 5.92 Å². The summed E-state index contributed by atoms with van der Waals surface area (Å²) in [5.41, 5.74) is 5.36. The van der Waals surface area contributed by atoms with Crippen molar-refractivity contribution in [2.45, 2.75) is 38.3 Å². The van der Waals surface area contributed by atoms with Crippen LogP contribution in [0.1, 0.15) is 25.7 Å². The molecule has 0 saturated carbocycles. The van der Waals surface area contributed by atoms with E-state index in [0.29, 0.717) is 25.8 Å². The first kappa shape index (κ1) is 14.3.